The van der Waals surface area contributed by atoms with Crippen LogP contribution in [0.25, 0.3) is 0 Å². The summed E-state index contributed by atoms with van der Waals surface area (Å²) in [5.74, 6) is 0.963. The maximum Gasteiger partial charge on any atom is 0.149 e. The maximum atomic E-state index is 8.83. The summed E-state index contributed by atoms with van der Waals surface area (Å²) in [6.45, 7) is 2.96. The monoisotopic (exact) mass is 246 g/mol. The van der Waals surface area contributed by atoms with Gasteiger partial charge in [0.15, 0.2) is 0 Å². The van der Waals surface area contributed by atoms with Gasteiger partial charge in [-0.2, -0.15) is 5.26 Å². The van der Waals surface area contributed by atoms with E-state index in [0.717, 1.165) is 26.1 Å². The van der Waals surface area contributed by atoms with Gasteiger partial charge in [0.1, 0.15) is 23.3 Å². The minimum Gasteiger partial charge on any atom is -0.382 e. The van der Waals surface area contributed by atoms with Crippen LogP contribution in [0, 0.1) is 11.3 Å². The number of nitrogens with two attached hydrogens (primary N) is 1. The summed E-state index contributed by atoms with van der Waals surface area (Å²) in [4.78, 5) is 13.1. The van der Waals surface area contributed by atoms with Gasteiger partial charge in [-0.05, 0) is 33.6 Å². The molecule has 1 aliphatic heterocycles. The Labute approximate surface area is 107 Å². The fraction of sp³-hybridized carbons (Fsp3) is 0.583. The van der Waals surface area contributed by atoms with Crippen LogP contribution in [-0.4, -0.2) is 53.5 Å². The second kappa shape index (κ2) is 5.29. The molecule has 1 atom stereocenters. The molecule has 96 valence electrons. The summed E-state index contributed by atoms with van der Waals surface area (Å²) in [7, 11) is 4.17. The van der Waals surface area contributed by atoms with E-state index >= 15 is 0 Å². The van der Waals surface area contributed by atoms with Crippen LogP contribution in [0.15, 0.2) is 6.20 Å². The lowest BCUT2D eigenvalue weighted by atomic mass is 10.2. The van der Waals surface area contributed by atoms with Crippen molar-refractivity contribution < 1.29 is 0 Å². The van der Waals surface area contributed by atoms with E-state index in [4.69, 9.17) is 11.0 Å². The van der Waals surface area contributed by atoms with Crippen LogP contribution < -0.4 is 5.73 Å². The topological polar surface area (TPSA) is 82.1 Å². The van der Waals surface area contributed by atoms with Crippen molar-refractivity contribution >= 4 is 5.82 Å². The molecule has 18 heavy (non-hydrogen) atoms. The fourth-order valence-corrected chi connectivity index (χ4v) is 2.21. The number of likely N-dealkylation sites (N-methyl/N-ethyl adjacent to an activating group) is 2. The molecule has 2 N–H and O–H groups in total. The molecule has 0 spiro atoms. The molecule has 6 nitrogen and oxygen atoms in total. The van der Waals surface area contributed by atoms with Crippen LogP contribution in [0.4, 0.5) is 5.82 Å². The van der Waals surface area contributed by atoms with E-state index in [0.29, 0.717) is 11.4 Å². The number of hydrogen-bond donors (Lipinski definition) is 1. The normalized spacial score (nSPS) is 22.4. The number of nitrogen functional groups attached to an aromatic ring is 1. The van der Waals surface area contributed by atoms with E-state index in [1.165, 1.54) is 6.20 Å². The van der Waals surface area contributed by atoms with Crippen LogP contribution >= 0.6 is 0 Å². The largest absolute Gasteiger partial charge is 0.382 e. The fourth-order valence-electron chi connectivity index (χ4n) is 2.21. The van der Waals surface area contributed by atoms with Crippen molar-refractivity contribution in [2.24, 2.45) is 0 Å². The van der Waals surface area contributed by atoms with Crippen molar-refractivity contribution in [3.63, 3.8) is 0 Å². The first-order valence-corrected chi connectivity index (χ1v) is 6.03. The van der Waals surface area contributed by atoms with E-state index in [-0.39, 0.29) is 11.9 Å². The lowest BCUT2D eigenvalue weighted by Crippen LogP contribution is -2.32. The maximum absolute atomic E-state index is 8.83. The second-order valence-electron chi connectivity index (χ2n) is 4.75. The molecule has 6 heteroatoms. The summed E-state index contributed by atoms with van der Waals surface area (Å²) in [5.41, 5.74) is 6.09. The number of anilines is 1. The predicted molar refractivity (Wildman–Crippen MR) is 68.6 cm³/mol. The molecule has 0 aromatic carbocycles. The zero-order valence-corrected chi connectivity index (χ0v) is 10.8. The number of hydrogen-bond acceptors (Lipinski definition) is 6. The Hall–Kier alpha value is -1.71. The minimum atomic E-state index is 0.132. The van der Waals surface area contributed by atoms with E-state index in [1.807, 2.05) is 6.07 Å². The van der Waals surface area contributed by atoms with Crippen molar-refractivity contribution in [3.05, 3.63) is 17.6 Å². The Balaban J connectivity index is 2.28. The SMILES string of the molecule is CN1CCCN(C)C(c2ncc(C#N)c(N)n2)C1. The Morgan fingerprint density at radius 1 is 1.44 bits per heavy atom. The van der Waals surface area contributed by atoms with Crippen LogP contribution in [0.5, 0.6) is 0 Å². The van der Waals surface area contributed by atoms with Crippen LogP contribution in [0.1, 0.15) is 23.9 Å². The summed E-state index contributed by atoms with van der Waals surface area (Å²) >= 11 is 0. The molecule has 2 heterocycles. The van der Waals surface area contributed by atoms with E-state index in [1.54, 1.807) is 0 Å². The van der Waals surface area contributed by atoms with E-state index in [9.17, 15) is 0 Å². The first-order valence-electron chi connectivity index (χ1n) is 6.03. The lowest BCUT2D eigenvalue weighted by molar-refractivity contribution is 0.220. The number of rotatable bonds is 1. The molecule has 2 rings (SSSR count). The molecule has 1 unspecified atom stereocenters. The first-order chi connectivity index (χ1) is 8.61. The van der Waals surface area contributed by atoms with Crippen LogP contribution in [0.2, 0.25) is 0 Å². The van der Waals surface area contributed by atoms with Crippen molar-refractivity contribution in [3.8, 4) is 6.07 Å². The highest BCUT2D eigenvalue weighted by atomic mass is 15.2. The average molecular weight is 246 g/mol. The summed E-state index contributed by atoms with van der Waals surface area (Å²) in [6, 6.07) is 2.12. The molecule has 1 saturated heterocycles. The summed E-state index contributed by atoms with van der Waals surface area (Å²) in [5, 5.41) is 8.83. The van der Waals surface area contributed by atoms with Gasteiger partial charge in [-0.1, -0.05) is 0 Å². The average Bonchev–Trinajstić information content (AvgIpc) is 2.51. The van der Waals surface area contributed by atoms with Crippen LogP contribution in [-0.2, 0) is 0 Å². The third-order valence-electron chi connectivity index (χ3n) is 3.32. The number of nitriles is 1. The highest BCUT2D eigenvalue weighted by molar-refractivity contribution is 5.46. The second-order valence-corrected chi connectivity index (χ2v) is 4.75. The lowest BCUT2D eigenvalue weighted by Gasteiger charge is -2.26. The zero-order chi connectivity index (χ0) is 13.1. The highest BCUT2D eigenvalue weighted by Gasteiger charge is 2.24. The molecule has 1 aromatic heterocycles. The van der Waals surface area contributed by atoms with E-state index < -0.39 is 0 Å². The van der Waals surface area contributed by atoms with Gasteiger partial charge in [0.25, 0.3) is 0 Å². The van der Waals surface area contributed by atoms with Gasteiger partial charge < -0.3 is 10.6 Å². The molecular formula is C12H18N6. The summed E-state index contributed by atoms with van der Waals surface area (Å²) in [6.07, 6.45) is 2.64. The number of aromatic nitrogens is 2. The third-order valence-corrected chi connectivity index (χ3v) is 3.32. The van der Waals surface area contributed by atoms with Gasteiger partial charge in [-0.3, -0.25) is 4.90 Å². The summed E-state index contributed by atoms with van der Waals surface area (Å²) < 4.78 is 0. The quantitative estimate of drug-likeness (QED) is 0.764. The molecule has 0 aliphatic carbocycles. The Morgan fingerprint density at radius 3 is 2.89 bits per heavy atom. The van der Waals surface area contributed by atoms with Crippen molar-refractivity contribution in [2.45, 2.75) is 12.5 Å². The van der Waals surface area contributed by atoms with Crippen LogP contribution in [0.3, 0.4) is 0 Å². The molecule has 0 radical (unpaired) electrons. The molecule has 1 aliphatic rings. The van der Waals surface area contributed by atoms with Gasteiger partial charge in [0.2, 0.25) is 0 Å². The standard InChI is InChI=1S/C12H18N6/c1-17-4-3-5-18(2)10(8-17)12-15-7-9(6-13)11(14)16-12/h7,10H,3-5,8H2,1-2H3,(H2,14,15,16). The zero-order valence-electron chi connectivity index (χ0n) is 10.8. The van der Waals surface area contributed by atoms with Gasteiger partial charge >= 0.3 is 0 Å². The molecule has 0 bridgehead atoms. The molecule has 0 saturated carbocycles. The molecule has 0 amide bonds. The van der Waals surface area contributed by atoms with Gasteiger partial charge in [0.05, 0.1) is 12.2 Å². The Bertz CT molecular complexity index is 466. The minimum absolute atomic E-state index is 0.132. The highest BCUT2D eigenvalue weighted by Crippen LogP contribution is 2.21. The van der Waals surface area contributed by atoms with Gasteiger partial charge in [-0.15, -0.1) is 0 Å². The van der Waals surface area contributed by atoms with Crippen molar-refractivity contribution in [1.29, 1.82) is 5.26 Å². The predicted octanol–water partition coefficient (Wildman–Crippen LogP) is 0.239. The smallest absolute Gasteiger partial charge is 0.149 e. The van der Waals surface area contributed by atoms with Crippen molar-refractivity contribution in [1.82, 2.24) is 19.8 Å². The molecular weight excluding hydrogens is 228 g/mol. The molecule has 1 fully saturated rings. The van der Waals surface area contributed by atoms with Crippen molar-refractivity contribution in [2.75, 3.05) is 39.5 Å². The first kappa shape index (κ1) is 12.7. The Morgan fingerprint density at radius 2 is 2.22 bits per heavy atom. The van der Waals surface area contributed by atoms with Gasteiger partial charge in [0, 0.05) is 6.54 Å². The molecule has 1 aromatic rings. The van der Waals surface area contributed by atoms with Gasteiger partial charge in [-0.25, -0.2) is 9.97 Å². The van der Waals surface area contributed by atoms with E-state index in [2.05, 4.69) is 33.9 Å². The number of nitrogens with zero attached hydrogens (tertiary/aromatic N) is 5. The third kappa shape index (κ3) is 2.58. The Kier molecular flexibility index (Phi) is 3.75.